The molecule has 0 radical (unpaired) electrons. The van der Waals surface area contributed by atoms with Gasteiger partial charge in [-0.25, -0.2) is 17.1 Å². The number of alkyl halides is 3. The van der Waals surface area contributed by atoms with E-state index in [1.165, 1.54) is 0 Å². The summed E-state index contributed by atoms with van der Waals surface area (Å²) >= 11 is 0. The topological polar surface area (TPSA) is 37.4 Å². The van der Waals surface area contributed by atoms with Crippen molar-refractivity contribution in [3.8, 4) is 0 Å². The Kier molecular flexibility index (Phi) is 4.33. The van der Waals surface area contributed by atoms with E-state index < -0.39 is 35.0 Å². The molecule has 0 unspecified atom stereocenters. The highest BCUT2D eigenvalue weighted by molar-refractivity contribution is 7.89. The highest BCUT2D eigenvalue weighted by Gasteiger charge is 2.30. The van der Waals surface area contributed by atoms with Crippen LogP contribution >= 0.6 is 0 Å². The molecule has 0 aliphatic rings. The minimum Gasteiger partial charge on any atom is -0.207 e. The first-order chi connectivity index (χ1) is 8.13. The number of hydrogen-bond acceptors (Lipinski definition) is 2. The molecular formula is C10H11F4NO2S. The van der Waals surface area contributed by atoms with Gasteiger partial charge in [0.05, 0.1) is 11.3 Å². The van der Waals surface area contributed by atoms with E-state index in [1.54, 1.807) is 0 Å². The Morgan fingerprint density at radius 2 is 1.67 bits per heavy atom. The Balaban J connectivity index is 2.83. The molecule has 0 bridgehead atoms. The normalized spacial score (nSPS) is 13.0. The summed E-state index contributed by atoms with van der Waals surface area (Å²) in [6.07, 6.45) is -5.66. The zero-order valence-corrected chi connectivity index (χ0v) is 10.2. The number of hydrogen-bond donors (Lipinski definition) is 0. The van der Waals surface area contributed by atoms with Gasteiger partial charge in [-0.3, -0.25) is 0 Å². The molecule has 8 heteroatoms. The molecule has 0 saturated carbocycles. The molecule has 1 aromatic carbocycles. The van der Waals surface area contributed by atoms with Crippen LogP contribution in [0.2, 0.25) is 0 Å². The van der Waals surface area contributed by atoms with Gasteiger partial charge < -0.3 is 0 Å². The number of sulfonamides is 1. The molecule has 0 atom stereocenters. The van der Waals surface area contributed by atoms with Gasteiger partial charge in [-0.15, -0.1) is 0 Å². The minimum atomic E-state index is -4.42. The van der Waals surface area contributed by atoms with Crippen LogP contribution in [-0.2, 0) is 10.0 Å². The Hall–Kier alpha value is -1.15. The third-order valence-electron chi connectivity index (χ3n) is 2.23. The predicted octanol–water partition coefficient (Wildman–Crippen LogP) is 2.40. The van der Waals surface area contributed by atoms with E-state index in [1.807, 2.05) is 0 Å². The van der Waals surface area contributed by atoms with Crippen LogP contribution in [0, 0.1) is 5.82 Å². The van der Waals surface area contributed by atoms with Crippen molar-refractivity contribution < 1.29 is 26.0 Å². The van der Waals surface area contributed by atoms with Gasteiger partial charge in [0.2, 0.25) is 10.0 Å². The van der Waals surface area contributed by atoms with E-state index in [9.17, 15) is 26.0 Å². The van der Waals surface area contributed by atoms with Crippen molar-refractivity contribution in [1.29, 1.82) is 0 Å². The average Bonchev–Trinajstić information content (AvgIpc) is 2.25. The largest absolute Gasteiger partial charge is 0.390 e. The molecular weight excluding hydrogens is 274 g/mol. The molecule has 102 valence electrons. The van der Waals surface area contributed by atoms with Crippen molar-refractivity contribution in [3.63, 3.8) is 0 Å². The molecule has 3 nitrogen and oxygen atoms in total. The number of benzene rings is 1. The summed E-state index contributed by atoms with van der Waals surface area (Å²) in [6, 6.07) is 3.89. The van der Waals surface area contributed by atoms with Crippen molar-refractivity contribution in [2.24, 2.45) is 0 Å². The first-order valence-electron chi connectivity index (χ1n) is 4.91. The first kappa shape index (κ1) is 14.9. The van der Waals surface area contributed by atoms with Crippen molar-refractivity contribution >= 4 is 10.0 Å². The minimum absolute atomic E-state index is 0.242. The zero-order valence-electron chi connectivity index (χ0n) is 9.41. The van der Waals surface area contributed by atoms with Gasteiger partial charge in [-0.05, 0) is 24.3 Å². The van der Waals surface area contributed by atoms with Crippen molar-refractivity contribution in [1.82, 2.24) is 4.31 Å². The lowest BCUT2D eigenvalue weighted by Crippen LogP contribution is -2.30. The van der Waals surface area contributed by atoms with Crippen LogP contribution in [0.4, 0.5) is 17.6 Å². The van der Waals surface area contributed by atoms with Gasteiger partial charge in [0.25, 0.3) is 0 Å². The molecule has 1 rings (SSSR count). The highest BCUT2D eigenvalue weighted by atomic mass is 32.2. The molecule has 1 aromatic rings. The van der Waals surface area contributed by atoms with Crippen LogP contribution in [0.15, 0.2) is 29.2 Å². The molecule has 18 heavy (non-hydrogen) atoms. The third kappa shape index (κ3) is 3.95. The molecule has 0 spiro atoms. The van der Waals surface area contributed by atoms with Gasteiger partial charge in [0, 0.05) is 13.6 Å². The van der Waals surface area contributed by atoms with Gasteiger partial charge in [-0.2, -0.15) is 13.2 Å². The quantitative estimate of drug-likeness (QED) is 0.797. The lowest BCUT2D eigenvalue weighted by atomic mass is 10.4. The number of halogens is 4. The van der Waals surface area contributed by atoms with E-state index in [2.05, 4.69) is 0 Å². The van der Waals surface area contributed by atoms with Crippen LogP contribution in [-0.4, -0.2) is 32.5 Å². The molecule has 0 saturated heterocycles. The number of rotatable bonds is 4. The van der Waals surface area contributed by atoms with Crippen molar-refractivity contribution in [2.75, 3.05) is 13.6 Å². The van der Waals surface area contributed by atoms with Gasteiger partial charge in [0.1, 0.15) is 5.82 Å². The predicted molar refractivity (Wildman–Crippen MR) is 56.9 cm³/mol. The molecule has 0 aliphatic carbocycles. The summed E-state index contributed by atoms with van der Waals surface area (Å²) in [5, 5.41) is 0. The van der Waals surface area contributed by atoms with Crippen LogP contribution in [0.5, 0.6) is 0 Å². The highest BCUT2D eigenvalue weighted by Crippen LogP contribution is 2.22. The van der Waals surface area contributed by atoms with E-state index in [4.69, 9.17) is 0 Å². The Bertz CT molecular complexity index is 496. The van der Waals surface area contributed by atoms with E-state index in [-0.39, 0.29) is 4.90 Å². The second kappa shape index (κ2) is 5.23. The van der Waals surface area contributed by atoms with E-state index in [0.29, 0.717) is 4.31 Å². The second-order valence-corrected chi connectivity index (χ2v) is 5.69. The maximum Gasteiger partial charge on any atom is 0.390 e. The lowest BCUT2D eigenvalue weighted by molar-refractivity contribution is -0.135. The van der Waals surface area contributed by atoms with E-state index in [0.717, 1.165) is 31.3 Å². The maximum absolute atomic E-state index is 12.6. The Labute approximate surface area is 102 Å². The van der Waals surface area contributed by atoms with Crippen LogP contribution in [0.3, 0.4) is 0 Å². The summed E-state index contributed by atoms with van der Waals surface area (Å²) in [6.45, 7) is -0.677. The van der Waals surface area contributed by atoms with Gasteiger partial charge >= 0.3 is 6.18 Å². The zero-order chi connectivity index (χ0) is 14.0. The lowest BCUT2D eigenvalue weighted by Gasteiger charge is -2.17. The van der Waals surface area contributed by atoms with Crippen LogP contribution < -0.4 is 0 Å². The standard InChI is InChI=1S/C10H11F4NO2S/c1-15(7-6-10(12,13)14)18(16,17)9-4-2-8(11)3-5-9/h2-5H,6-7H2,1H3. The van der Waals surface area contributed by atoms with Crippen LogP contribution in [0.1, 0.15) is 6.42 Å². The number of nitrogens with zero attached hydrogens (tertiary/aromatic N) is 1. The first-order valence-corrected chi connectivity index (χ1v) is 6.35. The molecule has 0 heterocycles. The molecule has 0 aliphatic heterocycles. The fraction of sp³-hybridized carbons (Fsp3) is 0.400. The van der Waals surface area contributed by atoms with E-state index >= 15 is 0 Å². The van der Waals surface area contributed by atoms with Gasteiger partial charge in [0.15, 0.2) is 0 Å². The monoisotopic (exact) mass is 285 g/mol. The summed E-state index contributed by atoms with van der Waals surface area (Å²) < 4.78 is 72.8. The molecule has 0 aromatic heterocycles. The fourth-order valence-electron chi connectivity index (χ4n) is 1.19. The molecule has 0 fully saturated rings. The molecule has 0 amide bonds. The Morgan fingerprint density at radius 1 is 1.17 bits per heavy atom. The summed E-state index contributed by atoms with van der Waals surface area (Å²) in [7, 11) is -2.97. The smallest absolute Gasteiger partial charge is 0.207 e. The maximum atomic E-state index is 12.6. The van der Waals surface area contributed by atoms with Gasteiger partial charge in [-0.1, -0.05) is 0 Å². The fourth-order valence-corrected chi connectivity index (χ4v) is 2.36. The summed E-state index contributed by atoms with van der Waals surface area (Å²) in [5.41, 5.74) is 0. The Morgan fingerprint density at radius 3 is 2.11 bits per heavy atom. The van der Waals surface area contributed by atoms with Crippen LogP contribution in [0.25, 0.3) is 0 Å². The summed E-state index contributed by atoms with van der Waals surface area (Å²) in [5.74, 6) is -0.619. The summed E-state index contributed by atoms with van der Waals surface area (Å²) in [4.78, 5) is -0.242. The third-order valence-corrected chi connectivity index (χ3v) is 4.10. The second-order valence-electron chi connectivity index (χ2n) is 3.65. The van der Waals surface area contributed by atoms with Crippen molar-refractivity contribution in [3.05, 3.63) is 30.1 Å². The average molecular weight is 285 g/mol. The SMILES string of the molecule is CN(CCC(F)(F)F)S(=O)(=O)c1ccc(F)cc1. The molecule has 0 N–H and O–H groups in total. The van der Waals surface area contributed by atoms with Crippen molar-refractivity contribution in [2.45, 2.75) is 17.5 Å².